The Morgan fingerprint density at radius 1 is 1.00 bits per heavy atom. The molecule has 0 atom stereocenters. The number of hydrogen-bond acceptors (Lipinski definition) is 4. The van der Waals surface area contributed by atoms with E-state index in [1.165, 1.54) is 10.5 Å². The molecule has 0 amide bonds. The van der Waals surface area contributed by atoms with Crippen LogP contribution in [0.3, 0.4) is 0 Å². The molecule has 0 spiro atoms. The Morgan fingerprint density at radius 2 is 1.65 bits per heavy atom. The van der Waals surface area contributed by atoms with Gasteiger partial charge in [0.2, 0.25) is 0 Å². The van der Waals surface area contributed by atoms with Crippen molar-refractivity contribution in [2.75, 3.05) is 12.8 Å². The van der Waals surface area contributed by atoms with Gasteiger partial charge in [-0.05, 0) is 49.8 Å². The van der Waals surface area contributed by atoms with Gasteiger partial charge in [0, 0.05) is 17.0 Å². The van der Waals surface area contributed by atoms with Gasteiger partial charge in [0.25, 0.3) is 10.0 Å². The van der Waals surface area contributed by atoms with Crippen LogP contribution in [0.15, 0.2) is 64.0 Å². The highest BCUT2D eigenvalue weighted by Gasteiger charge is 2.32. The molecule has 1 N–H and O–H groups in total. The summed E-state index contributed by atoms with van der Waals surface area (Å²) in [5, 5.41) is 0. The first-order chi connectivity index (χ1) is 12.4. The molecule has 3 rings (SSSR count). The van der Waals surface area contributed by atoms with Crippen molar-refractivity contribution in [1.82, 2.24) is 4.72 Å². The van der Waals surface area contributed by atoms with Gasteiger partial charge in [-0.2, -0.15) is 0 Å². The predicted octanol–water partition coefficient (Wildman–Crippen LogP) is 4.02. The number of rotatable bonds is 5. The van der Waals surface area contributed by atoms with Crippen molar-refractivity contribution in [2.24, 2.45) is 4.99 Å². The molecular weight excluding hydrogens is 364 g/mol. The fraction of sp³-hybridized carbons (Fsp3) is 0.250. The molecule has 1 aliphatic rings. The Labute approximate surface area is 159 Å². The third kappa shape index (κ3) is 4.02. The fourth-order valence-electron chi connectivity index (χ4n) is 2.88. The Balaban J connectivity index is 1.79. The van der Waals surface area contributed by atoms with Crippen LogP contribution in [-0.2, 0) is 16.4 Å². The molecule has 0 fully saturated rings. The zero-order valence-corrected chi connectivity index (χ0v) is 16.7. The topological polar surface area (TPSA) is 58.5 Å². The minimum atomic E-state index is -3.56. The number of sulfonamides is 1. The van der Waals surface area contributed by atoms with Crippen molar-refractivity contribution in [3.05, 3.63) is 70.8 Å². The maximum atomic E-state index is 12.5. The average molecular weight is 387 g/mol. The number of amidine groups is 1. The molecular formula is C20H22N2O2S2. The van der Waals surface area contributed by atoms with E-state index in [1.54, 1.807) is 18.7 Å². The van der Waals surface area contributed by atoms with Gasteiger partial charge in [0.15, 0.2) is 0 Å². The molecule has 0 saturated heterocycles. The highest BCUT2D eigenvalue weighted by atomic mass is 32.2. The zero-order chi connectivity index (χ0) is 18.7. The van der Waals surface area contributed by atoms with Crippen molar-refractivity contribution in [2.45, 2.75) is 25.2 Å². The van der Waals surface area contributed by atoms with E-state index in [4.69, 9.17) is 0 Å². The Kier molecular flexibility index (Phi) is 5.53. The second kappa shape index (κ2) is 7.68. The quantitative estimate of drug-likeness (QED) is 0.790. The van der Waals surface area contributed by atoms with Gasteiger partial charge in [-0.15, -0.1) is 11.8 Å². The molecule has 26 heavy (non-hydrogen) atoms. The van der Waals surface area contributed by atoms with Crippen molar-refractivity contribution < 1.29 is 8.42 Å². The molecule has 2 aromatic carbocycles. The van der Waals surface area contributed by atoms with Crippen LogP contribution in [0.2, 0.25) is 0 Å². The molecule has 6 heteroatoms. The summed E-state index contributed by atoms with van der Waals surface area (Å²) in [5.41, 5.74) is 3.65. The monoisotopic (exact) mass is 386 g/mol. The van der Waals surface area contributed by atoms with E-state index < -0.39 is 10.0 Å². The van der Waals surface area contributed by atoms with Crippen LogP contribution in [0.25, 0.3) is 4.91 Å². The smallest absolute Gasteiger partial charge is 0.264 e. The first-order valence-electron chi connectivity index (χ1n) is 8.39. The Bertz CT molecular complexity index is 958. The lowest BCUT2D eigenvalue weighted by Crippen LogP contribution is -2.24. The summed E-state index contributed by atoms with van der Waals surface area (Å²) in [4.78, 5) is 6.04. The van der Waals surface area contributed by atoms with Crippen LogP contribution < -0.4 is 4.72 Å². The lowest BCUT2D eigenvalue weighted by Gasteiger charge is -2.03. The maximum absolute atomic E-state index is 12.5. The summed E-state index contributed by atoms with van der Waals surface area (Å²) in [6, 6.07) is 15.9. The van der Waals surface area contributed by atoms with E-state index in [0.717, 1.165) is 12.0 Å². The van der Waals surface area contributed by atoms with Gasteiger partial charge in [-0.1, -0.05) is 42.0 Å². The third-order valence-electron chi connectivity index (χ3n) is 4.34. The van der Waals surface area contributed by atoms with E-state index in [2.05, 4.69) is 34.0 Å². The molecule has 136 valence electrons. The van der Waals surface area contributed by atoms with Crippen LogP contribution in [0.1, 0.15) is 23.6 Å². The van der Waals surface area contributed by atoms with Gasteiger partial charge in [-0.3, -0.25) is 9.71 Å². The number of hydrogen-bond donors (Lipinski definition) is 1. The standard InChI is InChI=1S/C20H22N2O2S2/c1-14-4-8-17(9-5-14)19-15(2)20(22-26(19,23)24)21-13-12-16-6-10-18(25-3)11-7-16/h4-11H,12-13H2,1-3H3,(H,21,22). The molecule has 0 unspecified atom stereocenters. The predicted molar refractivity (Wildman–Crippen MR) is 110 cm³/mol. The lowest BCUT2D eigenvalue weighted by atomic mass is 10.1. The van der Waals surface area contributed by atoms with Gasteiger partial charge < -0.3 is 0 Å². The van der Waals surface area contributed by atoms with Crippen LogP contribution in [0, 0.1) is 6.92 Å². The van der Waals surface area contributed by atoms with E-state index >= 15 is 0 Å². The van der Waals surface area contributed by atoms with Crippen LogP contribution in [0.5, 0.6) is 0 Å². The molecule has 2 aromatic rings. The maximum Gasteiger partial charge on any atom is 0.264 e. The first kappa shape index (κ1) is 18.7. The number of aryl methyl sites for hydroxylation is 1. The molecule has 0 bridgehead atoms. The number of aliphatic imine (C=N–C) groups is 1. The molecule has 1 heterocycles. The third-order valence-corrected chi connectivity index (χ3v) is 6.62. The number of benzene rings is 2. The Hall–Kier alpha value is -2.05. The summed E-state index contributed by atoms with van der Waals surface area (Å²) in [6.45, 7) is 4.32. The zero-order valence-electron chi connectivity index (χ0n) is 15.1. The van der Waals surface area contributed by atoms with Gasteiger partial charge in [0.1, 0.15) is 10.7 Å². The summed E-state index contributed by atoms with van der Waals surface area (Å²) >= 11 is 1.71. The van der Waals surface area contributed by atoms with Gasteiger partial charge >= 0.3 is 0 Å². The minimum absolute atomic E-state index is 0.320. The number of nitrogens with one attached hydrogen (secondary N) is 1. The highest BCUT2D eigenvalue weighted by Crippen LogP contribution is 2.29. The molecule has 0 saturated carbocycles. The lowest BCUT2D eigenvalue weighted by molar-refractivity contribution is 0.603. The molecule has 0 aliphatic carbocycles. The second-order valence-electron chi connectivity index (χ2n) is 6.25. The van der Waals surface area contributed by atoms with E-state index in [0.29, 0.717) is 28.4 Å². The van der Waals surface area contributed by atoms with Crippen LogP contribution in [-0.4, -0.2) is 27.1 Å². The summed E-state index contributed by atoms with van der Waals surface area (Å²) in [5.74, 6) is 0.446. The fourth-order valence-corrected chi connectivity index (χ4v) is 4.81. The van der Waals surface area contributed by atoms with Crippen LogP contribution >= 0.6 is 11.8 Å². The van der Waals surface area contributed by atoms with E-state index in [9.17, 15) is 8.42 Å². The highest BCUT2D eigenvalue weighted by molar-refractivity contribution is 8.00. The minimum Gasteiger partial charge on any atom is -0.267 e. The normalized spacial score (nSPS) is 17.6. The van der Waals surface area contributed by atoms with Crippen molar-refractivity contribution in [3.8, 4) is 0 Å². The number of thioether (sulfide) groups is 1. The largest absolute Gasteiger partial charge is 0.267 e. The first-order valence-corrected chi connectivity index (χ1v) is 11.1. The van der Waals surface area contributed by atoms with Gasteiger partial charge in [0.05, 0.1) is 0 Å². The molecule has 1 aliphatic heterocycles. The molecule has 4 nitrogen and oxygen atoms in total. The Morgan fingerprint density at radius 3 is 2.27 bits per heavy atom. The molecule has 0 aromatic heterocycles. The second-order valence-corrected chi connectivity index (χ2v) is 8.75. The molecule has 0 radical (unpaired) electrons. The number of nitrogens with zero attached hydrogens (tertiary/aromatic N) is 1. The average Bonchev–Trinajstić information content (AvgIpc) is 2.85. The van der Waals surface area contributed by atoms with Gasteiger partial charge in [-0.25, -0.2) is 8.42 Å². The SMILES string of the molecule is CSc1ccc(CCN=C2NS(=O)(=O)C(c3ccc(C)cc3)=C2C)cc1. The van der Waals surface area contributed by atoms with Crippen molar-refractivity contribution in [3.63, 3.8) is 0 Å². The summed E-state index contributed by atoms with van der Waals surface area (Å²) < 4.78 is 27.6. The van der Waals surface area contributed by atoms with Crippen molar-refractivity contribution >= 4 is 32.5 Å². The van der Waals surface area contributed by atoms with Crippen LogP contribution in [0.4, 0.5) is 0 Å². The van der Waals surface area contributed by atoms with E-state index in [-0.39, 0.29) is 0 Å². The van der Waals surface area contributed by atoms with Crippen molar-refractivity contribution in [1.29, 1.82) is 0 Å². The summed E-state index contributed by atoms with van der Waals surface area (Å²) in [7, 11) is -3.56. The van der Waals surface area contributed by atoms with E-state index in [1.807, 2.05) is 37.4 Å². The summed E-state index contributed by atoms with van der Waals surface area (Å²) in [6.07, 6.45) is 2.82.